The van der Waals surface area contributed by atoms with Crippen molar-refractivity contribution >= 4 is 5.97 Å². The lowest BCUT2D eigenvalue weighted by Gasteiger charge is -2.39. The van der Waals surface area contributed by atoms with E-state index in [9.17, 15) is 20.1 Å². The van der Waals surface area contributed by atoms with Crippen molar-refractivity contribution in [1.29, 1.82) is 0 Å². The molecule has 1 aliphatic rings. The molecule has 0 radical (unpaired) electrons. The number of carbonyl (C=O) groups is 1. The van der Waals surface area contributed by atoms with Gasteiger partial charge in [0.05, 0.1) is 6.61 Å². The normalized spacial score (nSPS) is 31.7. The molecule has 0 saturated carbocycles. The minimum Gasteiger partial charge on any atom is -0.433 e. The molecule has 0 amide bonds. The zero-order valence-electron chi connectivity index (χ0n) is 11.9. The van der Waals surface area contributed by atoms with Crippen LogP contribution in [0, 0.1) is 0 Å². The van der Waals surface area contributed by atoms with Crippen molar-refractivity contribution < 1.29 is 34.7 Å². The summed E-state index contributed by atoms with van der Waals surface area (Å²) in [5, 5.41) is 38.0. The van der Waals surface area contributed by atoms with Gasteiger partial charge in [-0.15, -0.1) is 0 Å². The number of benzene rings is 1. The first-order valence-electron chi connectivity index (χ1n) is 7.07. The summed E-state index contributed by atoms with van der Waals surface area (Å²) in [6.07, 6.45) is -6.56. The van der Waals surface area contributed by atoms with Crippen molar-refractivity contribution in [1.82, 2.24) is 0 Å². The average Bonchev–Trinajstić information content (AvgIpc) is 2.54. The third kappa shape index (κ3) is 4.02. The number of esters is 1. The molecule has 1 saturated heterocycles. The standard InChI is InChI=1S/C15H20O7/c16-8-10-12(18)13(19)14(20)15(21-10)22-11(17)7-6-9-4-2-1-3-5-9/h1-5,10,12-16,18-20H,6-8H2/t10-,12+,13+,14-,15+/m1/s1. The van der Waals surface area contributed by atoms with Crippen LogP contribution in [0.2, 0.25) is 0 Å². The van der Waals surface area contributed by atoms with Crippen LogP contribution < -0.4 is 0 Å². The Hall–Kier alpha value is -1.51. The molecule has 1 heterocycles. The molecule has 0 spiro atoms. The number of aliphatic hydroxyl groups is 4. The van der Waals surface area contributed by atoms with Gasteiger partial charge in [0.1, 0.15) is 24.4 Å². The highest BCUT2D eigenvalue weighted by Gasteiger charge is 2.45. The Labute approximate surface area is 127 Å². The van der Waals surface area contributed by atoms with Gasteiger partial charge in [0, 0.05) is 6.42 Å². The van der Waals surface area contributed by atoms with Crippen LogP contribution in [-0.4, -0.2) is 63.7 Å². The first-order valence-corrected chi connectivity index (χ1v) is 7.07. The van der Waals surface area contributed by atoms with E-state index >= 15 is 0 Å². The highest BCUT2D eigenvalue weighted by Crippen LogP contribution is 2.22. The molecule has 0 aliphatic carbocycles. The van der Waals surface area contributed by atoms with Crippen LogP contribution >= 0.6 is 0 Å². The third-order valence-corrected chi connectivity index (χ3v) is 3.56. The first-order chi connectivity index (χ1) is 10.5. The van der Waals surface area contributed by atoms with E-state index < -0.39 is 43.3 Å². The van der Waals surface area contributed by atoms with Gasteiger partial charge in [0.2, 0.25) is 6.29 Å². The van der Waals surface area contributed by atoms with Crippen LogP contribution in [0.3, 0.4) is 0 Å². The van der Waals surface area contributed by atoms with Gasteiger partial charge in [-0.25, -0.2) is 0 Å². The molecule has 1 aromatic rings. The molecule has 1 aromatic carbocycles. The van der Waals surface area contributed by atoms with Crippen LogP contribution in [0.15, 0.2) is 30.3 Å². The Morgan fingerprint density at radius 1 is 1.09 bits per heavy atom. The van der Waals surface area contributed by atoms with Crippen LogP contribution in [0.25, 0.3) is 0 Å². The van der Waals surface area contributed by atoms with E-state index in [0.717, 1.165) is 5.56 Å². The quantitative estimate of drug-likeness (QED) is 0.513. The fraction of sp³-hybridized carbons (Fsp3) is 0.533. The minimum atomic E-state index is -1.57. The molecular formula is C15H20O7. The predicted octanol–water partition coefficient (Wildman–Crippen LogP) is -1.04. The van der Waals surface area contributed by atoms with Gasteiger partial charge in [-0.3, -0.25) is 4.79 Å². The van der Waals surface area contributed by atoms with E-state index in [-0.39, 0.29) is 6.42 Å². The van der Waals surface area contributed by atoms with E-state index in [4.69, 9.17) is 14.6 Å². The molecule has 122 valence electrons. The zero-order valence-corrected chi connectivity index (χ0v) is 11.9. The second-order valence-corrected chi connectivity index (χ2v) is 5.17. The molecule has 0 unspecified atom stereocenters. The predicted molar refractivity (Wildman–Crippen MR) is 74.6 cm³/mol. The Morgan fingerprint density at radius 3 is 2.41 bits per heavy atom. The molecule has 1 fully saturated rings. The summed E-state index contributed by atoms with van der Waals surface area (Å²) in [4.78, 5) is 11.8. The molecule has 22 heavy (non-hydrogen) atoms. The van der Waals surface area contributed by atoms with Crippen molar-refractivity contribution in [2.24, 2.45) is 0 Å². The summed E-state index contributed by atoms with van der Waals surface area (Å²) < 4.78 is 10.1. The van der Waals surface area contributed by atoms with Crippen molar-refractivity contribution in [3.8, 4) is 0 Å². The van der Waals surface area contributed by atoms with Crippen LogP contribution in [0.1, 0.15) is 12.0 Å². The smallest absolute Gasteiger partial charge is 0.308 e. The van der Waals surface area contributed by atoms with Crippen molar-refractivity contribution in [2.45, 2.75) is 43.5 Å². The van der Waals surface area contributed by atoms with Gasteiger partial charge in [0.15, 0.2) is 0 Å². The largest absolute Gasteiger partial charge is 0.433 e. The second kappa shape index (κ2) is 7.66. The monoisotopic (exact) mass is 312 g/mol. The second-order valence-electron chi connectivity index (χ2n) is 5.17. The molecular weight excluding hydrogens is 292 g/mol. The van der Waals surface area contributed by atoms with Gasteiger partial charge in [-0.2, -0.15) is 0 Å². The summed E-state index contributed by atoms with van der Waals surface area (Å²) in [7, 11) is 0. The highest BCUT2D eigenvalue weighted by atomic mass is 16.7. The van der Waals surface area contributed by atoms with Crippen molar-refractivity contribution in [3.63, 3.8) is 0 Å². The molecule has 4 N–H and O–H groups in total. The maximum atomic E-state index is 11.8. The highest BCUT2D eigenvalue weighted by molar-refractivity contribution is 5.69. The third-order valence-electron chi connectivity index (χ3n) is 3.56. The summed E-state index contributed by atoms with van der Waals surface area (Å²) in [5.41, 5.74) is 0.966. The van der Waals surface area contributed by atoms with Gasteiger partial charge >= 0.3 is 5.97 Å². The SMILES string of the molecule is O=C(CCc1ccccc1)O[C@@H]1O[C@H](CO)[C@H](O)[C@H](O)[C@H]1O. The first kappa shape index (κ1) is 16.9. The number of aryl methyl sites for hydroxylation is 1. The Kier molecular flexibility index (Phi) is 5.87. The molecule has 7 heteroatoms. The van der Waals surface area contributed by atoms with E-state index in [1.54, 1.807) is 0 Å². The summed E-state index contributed by atoms with van der Waals surface area (Å²) in [6.45, 7) is -0.566. The van der Waals surface area contributed by atoms with Gasteiger partial charge < -0.3 is 29.9 Å². The number of ether oxygens (including phenoxy) is 2. The number of hydrogen-bond acceptors (Lipinski definition) is 7. The fourth-order valence-corrected chi connectivity index (χ4v) is 2.24. The lowest BCUT2D eigenvalue weighted by atomic mass is 9.99. The van der Waals surface area contributed by atoms with Crippen LogP contribution in [0.5, 0.6) is 0 Å². The average molecular weight is 312 g/mol. The summed E-state index contributed by atoms with van der Waals surface area (Å²) in [5.74, 6) is -0.604. The molecule has 0 aromatic heterocycles. The molecule has 1 aliphatic heterocycles. The van der Waals surface area contributed by atoms with E-state index in [2.05, 4.69) is 0 Å². The maximum absolute atomic E-state index is 11.8. The number of hydrogen-bond donors (Lipinski definition) is 4. The molecule has 0 bridgehead atoms. The molecule has 7 nitrogen and oxygen atoms in total. The van der Waals surface area contributed by atoms with Gasteiger partial charge in [-0.1, -0.05) is 30.3 Å². The topological polar surface area (TPSA) is 116 Å². The van der Waals surface area contributed by atoms with Crippen molar-refractivity contribution in [2.75, 3.05) is 6.61 Å². The number of rotatable bonds is 5. The van der Waals surface area contributed by atoms with Gasteiger partial charge in [0.25, 0.3) is 0 Å². The fourth-order valence-electron chi connectivity index (χ4n) is 2.24. The minimum absolute atomic E-state index is 0.0824. The van der Waals surface area contributed by atoms with Crippen molar-refractivity contribution in [3.05, 3.63) is 35.9 Å². The van der Waals surface area contributed by atoms with E-state index in [1.807, 2.05) is 30.3 Å². The number of aliphatic hydroxyl groups excluding tert-OH is 4. The molecule has 5 atom stereocenters. The van der Waals surface area contributed by atoms with E-state index in [0.29, 0.717) is 6.42 Å². The number of carbonyl (C=O) groups excluding carboxylic acids is 1. The summed E-state index contributed by atoms with van der Waals surface area (Å²) in [6, 6.07) is 9.34. The summed E-state index contributed by atoms with van der Waals surface area (Å²) >= 11 is 0. The Balaban J connectivity index is 1.87. The lowest BCUT2D eigenvalue weighted by molar-refractivity contribution is -0.292. The maximum Gasteiger partial charge on any atom is 0.308 e. The zero-order chi connectivity index (χ0) is 16.1. The Morgan fingerprint density at radius 2 is 1.77 bits per heavy atom. The van der Waals surface area contributed by atoms with E-state index in [1.165, 1.54) is 0 Å². The van der Waals surface area contributed by atoms with Crippen LogP contribution in [-0.2, 0) is 20.7 Å². The van der Waals surface area contributed by atoms with Crippen LogP contribution in [0.4, 0.5) is 0 Å². The Bertz CT molecular complexity index is 476. The molecule has 2 rings (SSSR count). The van der Waals surface area contributed by atoms with Gasteiger partial charge in [-0.05, 0) is 12.0 Å². The lowest BCUT2D eigenvalue weighted by Crippen LogP contribution is -2.59.